The van der Waals surface area contributed by atoms with E-state index in [1.807, 2.05) is 49.8 Å². The molecule has 0 unspecified atom stereocenters. The second-order valence-electron chi connectivity index (χ2n) is 17.0. The van der Waals surface area contributed by atoms with Gasteiger partial charge in [-0.05, 0) is 88.5 Å². The lowest BCUT2D eigenvalue weighted by Gasteiger charge is -2.36. The van der Waals surface area contributed by atoms with E-state index in [4.69, 9.17) is 19.4 Å². The van der Waals surface area contributed by atoms with Gasteiger partial charge in [-0.3, -0.25) is 29.3 Å². The molecule has 8 rings (SSSR count). The van der Waals surface area contributed by atoms with Crippen molar-refractivity contribution in [3.8, 4) is 22.5 Å². The van der Waals surface area contributed by atoms with Crippen molar-refractivity contribution < 1.29 is 23.9 Å². The van der Waals surface area contributed by atoms with Crippen molar-refractivity contribution in [2.24, 2.45) is 11.3 Å². The Morgan fingerprint density at radius 2 is 1.92 bits per heavy atom. The van der Waals surface area contributed by atoms with Gasteiger partial charge >= 0.3 is 5.97 Å². The number of amides is 2. The van der Waals surface area contributed by atoms with Crippen LogP contribution in [0.2, 0.25) is 0 Å². The lowest BCUT2D eigenvalue weighted by Crippen LogP contribution is -2.60. The molecule has 2 amide bonds. The Bertz CT molecular complexity index is 2340. The Balaban J connectivity index is 1.20. The summed E-state index contributed by atoms with van der Waals surface area (Å²) in [6.45, 7) is 10.5. The Kier molecular flexibility index (Phi) is 11.7. The van der Waals surface area contributed by atoms with Crippen LogP contribution in [-0.2, 0) is 43.2 Å². The summed E-state index contributed by atoms with van der Waals surface area (Å²) in [5, 5.41) is 8.55. The fourth-order valence-corrected chi connectivity index (χ4v) is 10.1. The van der Waals surface area contributed by atoms with Crippen LogP contribution in [0, 0.1) is 11.3 Å². The number of ether oxygens (including phenoxy) is 2. The third kappa shape index (κ3) is 8.17. The van der Waals surface area contributed by atoms with E-state index in [2.05, 4.69) is 77.4 Å². The predicted molar refractivity (Wildman–Crippen MR) is 229 cm³/mol. The van der Waals surface area contributed by atoms with Gasteiger partial charge < -0.3 is 19.4 Å². The van der Waals surface area contributed by atoms with Crippen molar-refractivity contribution in [2.45, 2.75) is 90.6 Å². The summed E-state index contributed by atoms with van der Waals surface area (Å²) < 4.78 is 14.3. The molecule has 0 aliphatic carbocycles. The Hall–Kier alpha value is -4.95. The zero-order valence-electron chi connectivity index (χ0n) is 34.9. The van der Waals surface area contributed by atoms with Gasteiger partial charge in [0.15, 0.2) is 0 Å². The molecule has 0 spiro atoms. The molecule has 12 nitrogen and oxygen atoms in total. The smallest absolute Gasteiger partial charge is 0.324 e. The van der Waals surface area contributed by atoms with Gasteiger partial charge in [0, 0.05) is 71.7 Å². The number of aryl methyl sites for hydroxylation is 1. The average Bonchev–Trinajstić information content (AvgIpc) is 3.97. The molecule has 2 aromatic carbocycles. The first-order chi connectivity index (χ1) is 28.5. The first-order valence-corrected chi connectivity index (χ1v) is 21.7. The third-order valence-electron chi connectivity index (χ3n) is 12.3. The molecule has 0 saturated carbocycles. The molecule has 59 heavy (non-hydrogen) atoms. The first kappa shape index (κ1) is 40.8. The number of methoxy groups -OCH3 is 1. The molecular formula is C46H55N7O5S. The maximum atomic E-state index is 14.5. The summed E-state index contributed by atoms with van der Waals surface area (Å²) >= 11 is 1.48. The lowest BCUT2D eigenvalue weighted by atomic mass is 9.84. The van der Waals surface area contributed by atoms with Crippen molar-refractivity contribution in [3.63, 3.8) is 0 Å². The van der Waals surface area contributed by atoms with Crippen LogP contribution in [0.1, 0.15) is 80.9 Å². The van der Waals surface area contributed by atoms with Crippen LogP contribution in [0.4, 0.5) is 0 Å². The minimum atomic E-state index is -0.901. The van der Waals surface area contributed by atoms with E-state index in [0.29, 0.717) is 32.2 Å². The zero-order valence-corrected chi connectivity index (χ0v) is 35.7. The highest BCUT2D eigenvalue weighted by Crippen LogP contribution is 2.42. The van der Waals surface area contributed by atoms with Crippen LogP contribution in [0.25, 0.3) is 33.4 Å². The second-order valence-corrected chi connectivity index (χ2v) is 17.9. The SMILES string of the molecule is CCn1c(-c2cccnc2[C@H](C)OC)c2c3cc(ccc31)-c1csc(n1)C[C@H](NC(=O)[C@@H]1CCN(C)[C@H]1c1ccccc1)C(=O)N1CCC[C@H](N1)C(=O)OCC(C)(C)C2. The summed E-state index contributed by atoms with van der Waals surface area (Å²) in [4.78, 5) is 54.7. The van der Waals surface area contributed by atoms with E-state index in [-0.39, 0.29) is 42.9 Å². The zero-order chi connectivity index (χ0) is 41.4. The largest absolute Gasteiger partial charge is 0.464 e. The maximum Gasteiger partial charge on any atom is 0.324 e. The molecule has 3 aliphatic rings. The number of aromatic nitrogens is 3. The minimum absolute atomic E-state index is 0.107. The number of cyclic esters (lactones) is 1. The Morgan fingerprint density at radius 3 is 2.69 bits per heavy atom. The van der Waals surface area contributed by atoms with Crippen LogP contribution < -0.4 is 10.7 Å². The van der Waals surface area contributed by atoms with Crippen LogP contribution in [0.15, 0.2) is 72.2 Å². The molecule has 2 N–H and O–H groups in total. The van der Waals surface area contributed by atoms with E-state index >= 15 is 0 Å². The van der Waals surface area contributed by atoms with Gasteiger partial charge in [0.2, 0.25) is 5.91 Å². The number of hydrazine groups is 1. The number of hydrogen-bond donors (Lipinski definition) is 2. The Morgan fingerprint density at radius 1 is 1.10 bits per heavy atom. The fourth-order valence-electron chi connectivity index (χ4n) is 9.20. The monoisotopic (exact) mass is 817 g/mol. The number of likely N-dealkylation sites (tertiary alicyclic amines) is 1. The maximum absolute atomic E-state index is 14.5. The summed E-state index contributed by atoms with van der Waals surface area (Å²) in [6, 6.07) is 18.9. The van der Waals surface area contributed by atoms with Gasteiger partial charge in [0.05, 0.1) is 40.7 Å². The molecule has 3 aliphatic heterocycles. The van der Waals surface area contributed by atoms with Crippen molar-refractivity contribution in [3.05, 3.63) is 94.1 Å². The summed E-state index contributed by atoms with van der Waals surface area (Å²) in [5.41, 5.74) is 10.7. The van der Waals surface area contributed by atoms with E-state index in [1.54, 1.807) is 7.11 Å². The number of nitrogens with one attached hydrogen (secondary N) is 2. The van der Waals surface area contributed by atoms with Crippen molar-refractivity contribution in [2.75, 3.05) is 33.9 Å². The summed E-state index contributed by atoms with van der Waals surface area (Å²) in [6.07, 6.45) is 4.22. The number of esters is 1. The number of fused-ring (bicyclic) bond motifs is 6. The topological polar surface area (TPSA) is 131 Å². The number of hydrogen-bond acceptors (Lipinski definition) is 10. The normalized spacial score (nSPS) is 23.2. The highest BCUT2D eigenvalue weighted by Gasteiger charge is 2.41. The van der Waals surface area contributed by atoms with Crippen LogP contribution in [0.3, 0.4) is 0 Å². The van der Waals surface area contributed by atoms with Crippen LogP contribution in [-0.4, -0.2) is 88.2 Å². The molecule has 0 radical (unpaired) electrons. The number of rotatable bonds is 7. The van der Waals surface area contributed by atoms with E-state index in [9.17, 15) is 14.4 Å². The molecule has 6 bridgehead atoms. The van der Waals surface area contributed by atoms with Gasteiger partial charge in [-0.2, -0.15) is 0 Å². The quantitative estimate of drug-likeness (QED) is 0.169. The van der Waals surface area contributed by atoms with E-state index in [0.717, 1.165) is 68.3 Å². The number of pyridine rings is 1. The van der Waals surface area contributed by atoms with E-state index in [1.165, 1.54) is 16.3 Å². The molecule has 310 valence electrons. The molecule has 6 heterocycles. The van der Waals surface area contributed by atoms with Crippen molar-refractivity contribution >= 4 is 40.0 Å². The number of thiazole rings is 1. The van der Waals surface area contributed by atoms with Crippen molar-refractivity contribution in [1.29, 1.82) is 0 Å². The highest BCUT2D eigenvalue weighted by atomic mass is 32.1. The molecule has 13 heteroatoms. The Labute approximate surface area is 350 Å². The number of nitrogens with zero attached hydrogens (tertiary/aromatic N) is 5. The highest BCUT2D eigenvalue weighted by molar-refractivity contribution is 7.10. The minimum Gasteiger partial charge on any atom is -0.464 e. The number of carbonyl (C=O) groups excluding carboxylic acids is 3. The lowest BCUT2D eigenvalue weighted by molar-refractivity contribution is -0.155. The molecular weight excluding hydrogens is 763 g/mol. The molecule has 2 saturated heterocycles. The van der Waals surface area contributed by atoms with Crippen molar-refractivity contribution in [1.82, 2.24) is 35.2 Å². The summed E-state index contributed by atoms with van der Waals surface area (Å²) in [5.74, 6) is -1.20. The van der Waals surface area contributed by atoms with Gasteiger partial charge in [0.1, 0.15) is 12.1 Å². The second kappa shape index (κ2) is 17.0. The fraction of sp³-hybridized carbons (Fsp3) is 0.457. The van der Waals surface area contributed by atoms with Crippen LogP contribution >= 0.6 is 11.3 Å². The van der Waals surface area contributed by atoms with Gasteiger partial charge in [-0.15, -0.1) is 11.3 Å². The van der Waals surface area contributed by atoms with Crippen LogP contribution in [0.5, 0.6) is 0 Å². The standard InChI is InChI=1S/C46H55N7O5S/c1-7-52-38-18-17-30-23-33(38)34(42(52)31-15-11-20-47-40(31)28(2)57-6)25-46(3,4)27-58-45(56)35-16-12-21-53(50-35)44(55)36(24-39-48-37(30)26-59-39)49-43(54)32-19-22-51(5)41(32)29-13-9-8-10-14-29/h8-11,13-15,17-18,20,23,26,28,32,35-36,41,50H,7,12,16,19,21-22,24-25,27H2,1-6H3,(H,49,54)/t28-,32+,35-,36-,41-/m0/s1. The number of carbonyl (C=O) groups is 3. The molecule has 3 aromatic heterocycles. The molecule has 5 aromatic rings. The van der Waals surface area contributed by atoms with E-state index < -0.39 is 23.5 Å². The molecule has 2 fully saturated rings. The predicted octanol–water partition coefficient (Wildman–Crippen LogP) is 6.90. The first-order valence-electron chi connectivity index (χ1n) is 20.8. The average molecular weight is 818 g/mol. The third-order valence-corrected chi connectivity index (χ3v) is 13.2. The number of benzene rings is 2. The van der Waals surface area contributed by atoms with Gasteiger partial charge in [0.25, 0.3) is 5.91 Å². The van der Waals surface area contributed by atoms with Gasteiger partial charge in [-0.1, -0.05) is 50.2 Å². The van der Waals surface area contributed by atoms with Gasteiger partial charge in [-0.25, -0.2) is 10.4 Å². The summed E-state index contributed by atoms with van der Waals surface area (Å²) in [7, 11) is 3.74. The molecule has 5 atom stereocenters.